The van der Waals surface area contributed by atoms with Gasteiger partial charge in [-0.25, -0.2) is 0 Å². The molecule has 0 unspecified atom stereocenters. The zero-order valence-electron chi connectivity index (χ0n) is 10.7. The van der Waals surface area contributed by atoms with E-state index in [2.05, 4.69) is 29.0 Å². The van der Waals surface area contributed by atoms with E-state index in [9.17, 15) is 0 Å². The van der Waals surface area contributed by atoms with Crippen LogP contribution in [0.15, 0.2) is 18.2 Å². The fraction of sp³-hybridized carbons (Fsp3) is 0.500. The normalized spacial score (nSPS) is 20.2. The Balaban J connectivity index is 1.74. The maximum absolute atomic E-state index is 5.65. The molecular formula is C16H19NO. The Labute approximate surface area is 109 Å². The summed E-state index contributed by atoms with van der Waals surface area (Å²) in [5.41, 5.74) is 2.97. The molecule has 1 aromatic rings. The zero-order chi connectivity index (χ0) is 12.4. The van der Waals surface area contributed by atoms with Gasteiger partial charge in [0.2, 0.25) is 0 Å². The summed E-state index contributed by atoms with van der Waals surface area (Å²) in [6, 6.07) is 6.52. The van der Waals surface area contributed by atoms with E-state index in [0.29, 0.717) is 5.92 Å². The van der Waals surface area contributed by atoms with Crippen LogP contribution in [0.3, 0.4) is 0 Å². The van der Waals surface area contributed by atoms with Gasteiger partial charge in [0, 0.05) is 12.0 Å². The monoisotopic (exact) mass is 241 g/mol. The number of nitrogens with zero attached hydrogens (tertiary/aromatic N) is 1. The minimum atomic E-state index is 0.690. The van der Waals surface area contributed by atoms with Gasteiger partial charge in [0.25, 0.3) is 0 Å². The lowest BCUT2D eigenvalue weighted by Crippen LogP contribution is -2.33. The maximum atomic E-state index is 5.65. The fourth-order valence-electron chi connectivity index (χ4n) is 3.16. The van der Waals surface area contributed by atoms with Crippen molar-refractivity contribution in [2.24, 2.45) is 0 Å². The van der Waals surface area contributed by atoms with Gasteiger partial charge in [-0.05, 0) is 43.5 Å². The molecule has 2 aliphatic rings. The highest BCUT2D eigenvalue weighted by Crippen LogP contribution is 2.36. The topological polar surface area (TPSA) is 12.5 Å². The van der Waals surface area contributed by atoms with Crippen molar-refractivity contribution >= 4 is 0 Å². The average molecular weight is 241 g/mol. The molecule has 0 atom stereocenters. The highest BCUT2D eigenvalue weighted by Gasteiger charge is 2.25. The van der Waals surface area contributed by atoms with Crippen molar-refractivity contribution in [3.05, 3.63) is 29.3 Å². The Morgan fingerprint density at radius 1 is 1.33 bits per heavy atom. The van der Waals surface area contributed by atoms with Gasteiger partial charge in [-0.3, -0.25) is 4.90 Å². The molecule has 0 saturated carbocycles. The van der Waals surface area contributed by atoms with Crippen molar-refractivity contribution in [1.29, 1.82) is 0 Å². The van der Waals surface area contributed by atoms with E-state index < -0.39 is 0 Å². The van der Waals surface area contributed by atoms with Gasteiger partial charge in [-0.2, -0.15) is 0 Å². The maximum Gasteiger partial charge on any atom is 0.122 e. The van der Waals surface area contributed by atoms with Crippen molar-refractivity contribution in [3.63, 3.8) is 0 Å². The number of terminal acetylenes is 1. The van der Waals surface area contributed by atoms with Gasteiger partial charge < -0.3 is 4.74 Å². The molecule has 2 heteroatoms. The number of rotatable bonds is 2. The highest BCUT2D eigenvalue weighted by atomic mass is 16.5. The van der Waals surface area contributed by atoms with Gasteiger partial charge in [0.15, 0.2) is 0 Å². The van der Waals surface area contributed by atoms with E-state index in [1.54, 1.807) is 0 Å². The Kier molecular flexibility index (Phi) is 3.25. The molecule has 0 aliphatic carbocycles. The second-order valence-corrected chi connectivity index (χ2v) is 5.18. The second-order valence-electron chi connectivity index (χ2n) is 5.18. The standard InChI is InChI=1S/C16H19NO/c1-2-9-17-10-6-13(7-11-17)14-4-3-5-16-15(14)8-12-18-16/h1,3-5,13H,6-12H2. The molecule has 0 aromatic heterocycles. The van der Waals surface area contributed by atoms with Crippen LogP contribution in [0.4, 0.5) is 0 Å². The van der Waals surface area contributed by atoms with Crippen LogP contribution < -0.4 is 4.74 Å². The molecule has 2 nitrogen and oxygen atoms in total. The smallest absolute Gasteiger partial charge is 0.122 e. The summed E-state index contributed by atoms with van der Waals surface area (Å²) >= 11 is 0. The molecule has 3 rings (SSSR count). The molecule has 0 bridgehead atoms. The Morgan fingerprint density at radius 3 is 2.94 bits per heavy atom. The van der Waals surface area contributed by atoms with Gasteiger partial charge in [0.1, 0.15) is 5.75 Å². The van der Waals surface area contributed by atoms with Gasteiger partial charge in [0.05, 0.1) is 13.2 Å². The molecular weight excluding hydrogens is 222 g/mol. The number of hydrogen-bond donors (Lipinski definition) is 0. The summed E-state index contributed by atoms with van der Waals surface area (Å²) in [4.78, 5) is 2.37. The van der Waals surface area contributed by atoms with Gasteiger partial charge in [-0.15, -0.1) is 6.42 Å². The summed E-state index contributed by atoms with van der Waals surface area (Å²) in [6.45, 7) is 3.89. The Bertz CT molecular complexity index is 466. The summed E-state index contributed by atoms with van der Waals surface area (Å²) in [6.07, 6.45) is 8.89. The highest BCUT2D eigenvalue weighted by molar-refractivity contribution is 5.44. The van der Waals surface area contributed by atoms with Crippen LogP contribution in [-0.4, -0.2) is 31.1 Å². The lowest BCUT2D eigenvalue weighted by molar-refractivity contribution is 0.235. The van der Waals surface area contributed by atoms with E-state index >= 15 is 0 Å². The van der Waals surface area contributed by atoms with E-state index in [0.717, 1.165) is 38.4 Å². The predicted octanol–water partition coefficient (Wildman–Crippen LogP) is 2.43. The fourth-order valence-corrected chi connectivity index (χ4v) is 3.16. The number of benzene rings is 1. The van der Waals surface area contributed by atoms with Crippen LogP contribution in [0.25, 0.3) is 0 Å². The van der Waals surface area contributed by atoms with E-state index in [1.165, 1.54) is 24.0 Å². The molecule has 2 heterocycles. The van der Waals surface area contributed by atoms with Crippen LogP contribution >= 0.6 is 0 Å². The van der Waals surface area contributed by atoms with Crippen molar-refractivity contribution < 1.29 is 4.74 Å². The summed E-state index contributed by atoms with van der Waals surface area (Å²) in [7, 11) is 0. The molecule has 0 radical (unpaired) electrons. The predicted molar refractivity (Wildman–Crippen MR) is 72.9 cm³/mol. The number of likely N-dealkylation sites (tertiary alicyclic amines) is 1. The Hall–Kier alpha value is -1.46. The minimum Gasteiger partial charge on any atom is -0.493 e. The quantitative estimate of drug-likeness (QED) is 0.737. The number of ether oxygens (including phenoxy) is 1. The van der Waals surface area contributed by atoms with E-state index in [4.69, 9.17) is 11.2 Å². The minimum absolute atomic E-state index is 0.690. The van der Waals surface area contributed by atoms with Crippen LogP contribution in [0.5, 0.6) is 5.75 Å². The van der Waals surface area contributed by atoms with Crippen LogP contribution in [-0.2, 0) is 6.42 Å². The first-order valence-electron chi connectivity index (χ1n) is 6.79. The molecule has 0 spiro atoms. The van der Waals surface area contributed by atoms with E-state index in [1.807, 2.05) is 0 Å². The first-order chi connectivity index (χ1) is 8.88. The third kappa shape index (κ3) is 2.11. The van der Waals surface area contributed by atoms with Crippen LogP contribution in [0.1, 0.15) is 29.9 Å². The number of fused-ring (bicyclic) bond motifs is 1. The molecule has 0 N–H and O–H groups in total. The molecule has 2 aliphatic heterocycles. The van der Waals surface area contributed by atoms with Crippen molar-refractivity contribution in [2.75, 3.05) is 26.2 Å². The molecule has 1 fully saturated rings. The molecule has 1 saturated heterocycles. The number of hydrogen-bond acceptors (Lipinski definition) is 2. The largest absolute Gasteiger partial charge is 0.493 e. The van der Waals surface area contributed by atoms with Crippen molar-refractivity contribution in [2.45, 2.75) is 25.2 Å². The summed E-state index contributed by atoms with van der Waals surface area (Å²) < 4.78 is 5.65. The lowest BCUT2D eigenvalue weighted by atomic mass is 9.86. The van der Waals surface area contributed by atoms with E-state index in [-0.39, 0.29) is 0 Å². The summed E-state index contributed by atoms with van der Waals surface area (Å²) in [5, 5.41) is 0. The van der Waals surface area contributed by atoms with Crippen molar-refractivity contribution in [3.8, 4) is 18.1 Å². The molecule has 94 valence electrons. The second kappa shape index (κ2) is 5.04. The first-order valence-corrected chi connectivity index (χ1v) is 6.79. The first kappa shape index (κ1) is 11.6. The Morgan fingerprint density at radius 2 is 2.17 bits per heavy atom. The SMILES string of the molecule is C#CCN1CCC(c2cccc3c2CCO3)CC1. The van der Waals surface area contributed by atoms with Crippen LogP contribution in [0.2, 0.25) is 0 Å². The van der Waals surface area contributed by atoms with Crippen LogP contribution in [0, 0.1) is 12.3 Å². The molecule has 18 heavy (non-hydrogen) atoms. The van der Waals surface area contributed by atoms with Crippen molar-refractivity contribution in [1.82, 2.24) is 4.90 Å². The molecule has 1 aromatic carbocycles. The van der Waals surface area contributed by atoms with Gasteiger partial charge >= 0.3 is 0 Å². The lowest BCUT2D eigenvalue weighted by Gasteiger charge is -2.31. The van der Waals surface area contributed by atoms with Gasteiger partial charge in [-0.1, -0.05) is 18.1 Å². The zero-order valence-corrected chi connectivity index (χ0v) is 10.7. The third-order valence-corrected chi connectivity index (χ3v) is 4.12. The number of piperidine rings is 1. The molecule has 0 amide bonds. The third-order valence-electron chi connectivity index (χ3n) is 4.12. The average Bonchev–Trinajstić information content (AvgIpc) is 2.88. The summed E-state index contributed by atoms with van der Waals surface area (Å²) in [5.74, 6) is 4.54.